The molecule has 0 spiro atoms. The van der Waals surface area contributed by atoms with Gasteiger partial charge in [0.1, 0.15) is 11.6 Å². The summed E-state index contributed by atoms with van der Waals surface area (Å²) in [4.78, 5) is 12.0. The quantitative estimate of drug-likeness (QED) is 0.736. The summed E-state index contributed by atoms with van der Waals surface area (Å²) < 4.78 is 5.22. The molecule has 134 valence electrons. The van der Waals surface area contributed by atoms with Crippen LogP contribution in [0.4, 0.5) is 17.5 Å². The van der Waals surface area contributed by atoms with Crippen LogP contribution in [0.25, 0.3) is 10.9 Å². The zero-order chi connectivity index (χ0) is 17.8. The standard InChI is InChI=1S/C21H24N4O/c1-26-17-12-10-16(11-13-17)22-21-23-19-9-5-4-8-18(19)20(24-21)25-14-6-2-3-7-15-25/h4-5,8-13H,2-3,6-7,14-15H2,1H3,(H,22,23,24). The molecule has 1 aromatic heterocycles. The number of fused-ring (bicyclic) bond motifs is 1. The lowest BCUT2D eigenvalue weighted by Gasteiger charge is -2.23. The van der Waals surface area contributed by atoms with E-state index in [2.05, 4.69) is 28.4 Å². The lowest BCUT2D eigenvalue weighted by molar-refractivity contribution is 0.415. The summed E-state index contributed by atoms with van der Waals surface area (Å²) in [7, 11) is 1.67. The third kappa shape index (κ3) is 3.57. The summed E-state index contributed by atoms with van der Waals surface area (Å²) in [6, 6.07) is 16.1. The van der Waals surface area contributed by atoms with Crippen molar-refractivity contribution in [2.45, 2.75) is 25.7 Å². The molecule has 4 rings (SSSR count). The van der Waals surface area contributed by atoms with Gasteiger partial charge in [0.2, 0.25) is 5.95 Å². The van der Waals surface area contributed by atoms with Gasteiger partial charge >= 0.3 is 0 Å². The van der Waals surface area contributed by atoms with E-state index in [1.54, 1.807) is 7.11 Å². The minimum absolute atomic E-state index is 0.633. The predicted molar refractivity (Wildman–Crippen MR) is 106 cm³/mol. The Morgan fingerprint density at radius 2 is 1.62 bits per heavy atom. The van der Waals surface area contributed by atoms with Gasteiger partial charge in [-0.2, -0.15) is 4.98 Å². The molecule has 5 nitrogen and oxygen atoms in total. The molecule has 1 aliphatic rings. The SMILES string of the molecule is COc1ccc(Nc2nc(N3CCCCCC3)c3ccccc3n2)cc1. The fraction of sp³-hybridized carbons (Fsp3) is 0.333. The number of ether oxygens (including phenoxy) is 1. The monoisotopic (exact) mass is 348 g/mol. The maximum absolute atomic E-state index is 5.22. The molecule has 1 fully saturated rings. The smallest absolute Gasteiger partial charge is 0.229 e. The first-order chi connectivity index (χ1) is 12.8. The van der Waals surface area contributed by atoms with Crippen molar-refractivity contribution in [3.8, 4) is 5.75 Å². The van der Waals surface area contributed by atoms with E-state index in [9.17, 15) is 0 Å². The van der Waals surface area contributed by atoms with Crippen molar-refractivity contribution >= 4 is 28.4 Å². The maximum Gasteiger partial charge on any atom is 0.229 e. The van der Waals surface area contributed by atoms with E-state index in [1.165, 1.54) is 25.7 Å². The van der Waals surface area contributed by atoms with Crippen molar-refractivity contribution in [3.63, 3.8) is 0 Å². The van der Waals surface area contributed by atoms with Gasteiger partial charge in [-0.15, -0.1) is 0 Å². The van der Waals surface area contributed by atoms with Crippen LogP contribution in [-0.2, 0) is 0 Å². The molecule has 1 N–H and O–H groups in total. The first-order valence-electron chi connectivity index (χ1n) is 9.26. The minimum Gasteiger partial charge on any atom is -0.497 e. The number of hydrogen-bond acceptors (Lipinski definition) is 5. The van der Waals surface area contributed by atoms with Crippen LogP contribution >= 0.6 is 0 Å². The van der Waals surface area contributed by atoms with E-state index in [0.717, 1.165) is 41.2 Å². The molecular weight excluding hydrogens is 324 g/mol. The summed E-state index contributed by atoms with van der Waals surface area (Å²) in [5.74, 6) is 2.50. The van der Waals surface area contributed by atoms with E-state index in [1.807, 2.05) is 30.3 Å². The first kappa shape index (κ1) is 16.6. The molecule has 2 heterocycles. The van der Waals surface area contributed by atoms with E-state index < -0.39 is 0 Å². The van der Waals surface area contributed by atoms with E-state index in [-0.39, 0.29) is 0 Å². The van der Waals surface area contributed by atoms with Crippen LogP contribution in [0.2, 0.25) is 0 Å². The summed E-state index contributed by atoms with van der Waals surface area (Å²) in [6.45, 7) is 2.12. The fourth-order valence-corrected chi connectivity index (χ4v) is 3.44. The number of nitrogens with zero attached hydrogens (tertiary/aromatic N) is 3. The third-order valence-electron chi connectivity index (χ3n) is 4.83. The maximum atomic E-state index is 5.22. The Morgan fingerprint density at radius 3 is 2.35 bits per heavy atom. The largest absolute Gasteiger partial charge is 0.497 e. The zero-order valence-corrected chi connectivity index (χ0v) is 15.1. The molecule has 0 atom stereocenters. The number of nitrogens with one attached hydrogen (secondary N) is 1. The van der Waals surface area contributed by atoms with Gasteiger partial charge < -0.3 is 15.0 Å². The number of methoxy groups -OCH3 is 1. The number of benzene rings is 2. The summed E-state index contributed by atoms with van der Waals surface area (Å²) >= 11 is 0. The van der Waals surface area contributed by atoms with Gasteiger partial charge in [0, 0.05) is 24.2 Å². The first-order valence-corrected chi connectivity index (χ1v) is 9.26. The fourth-order valence-electron chi connectivity index (χ4n) is 3.44. The van der Waals surface area contributed by atoms with Crippen molar-refractivity contribution < 1.29 is 4.74 Å². The second kappa shape index (κ2) is 7.60. The molecule has 5 heteroatoms. The number of para-hydroxylation sites is 1. The van der Waals surface area contributed by atoms with Crippen LogP contribution in [-0.4, -0.2) is 30.2 Å². The molecule has 26 heavy (non-hydrogen) atoms. The van der Waals surface area contributed by atoms with Crippen LogP contribution < -0.4 is 15.0 Å². The summed E-state index contributed by atoms with van der Waals surface area (Å²) in [5.41, 5.74) is 1.92. The molecule has 0 aliphatic carbocycles. The Bertz CT molecular complexity index is 871. The molecule has 0 unspecified atom stereocenters. The lowest BCUT2D eigenvalue weighted by atomic mass is 10.2. The topological polar surface area (TPSA) is 50.3 Å². The molecule has 0 bridgehead atoms. The normalized spacial score (nSPS) is 14.9. The third-order valence-corrected chi connectivity index (χ3v) is 4.83. The van der Waals surface area contributed by atoms with Gasteiger partial charge in [0.05, 0.1) is 12.6 Å². The van der Waals surface area contributed by atoms with E-state index in [0.29, 0.717) is 5.95 Å². The highest BCUT2D eigenvalue weighted by Gasteiger charge is 2.16. The molecule has 0 amide bonds. The van der Waals surface area contributed by atoms with Crippen molar-refractivity contribution in [3.05, 3.63) is 48.5 Å². The van der Waals surface area contributed by atoms with Crippen LogP contribution in [0.3, 0.4) is 0 Å². The van der Waals surface area contributed by atoms with Crippen molar-refractivity contribution in [2.24, 2.45) is 0 Å². The van der Waals surface area contributed by atoms with E-state index >= 15 is 0 Å². The second-order valence-electron chi connectivity index (χ2n) is 6.64. The highest BCUT2D eigenvalue weighted by molar-refractivity contribution is 5.90. The predicted octanol–water partition coefficient (Wildman–Crippen LogP) is 4.76. The van der Waals surface area contributed by atoms with Gasteiger partial charge in [-0.05, 0) is 49.2 Å². The lowest BCUT2D eigenvalue weighted by Crippen LogP contribution is -2.25. The molecule has 2 aromatic carbocycles. The second-order valence-corrected chi connectivity index (χ2v) is 6.64. The molecule has 0 saturated carbocycles. The highest BCUT2D eigenvalue weighted by Crippen LogP contribution is 2.28. The van der Waals surface area contributed by atoms with E-state index in [4.69, 9.17) is 14.7 Å². The van der Waals surface area contributed by atoms with Gasteiger partial charge in [0.25, 0.3) is 0 Å². The van der Waals surface area contributed by atoms with Crippen LogP contribution in [0.1, 0.15) is 25.7 Å². The van der Waals surface area contributed by atoms with Gasteiger partial charge in [-0.1, -0.05) is 25.0 Å². The summed E-state index contributed by atoms with van der Waals surface area (Å²) in [6.07, 6.45) is 5.05. The number of aromatic nitrogens is 2. The number of anilines is 3. The van der Waals surface area contributed by atoms with Gasteiger partial charge in [0.15, 0.2) is 0 Å². The Hall–Kier alpha value is -2.82. The Balaban J connectivity index is 1.70. The average Bonchev–Trinajstić information content (AvgIpc) is 2.97. The number of rotatable bonds is 4. The van der Waals surface area contributed by atoms with Crippen LogP contribution in [0, 0.1) is 0 Å². The highest BCUT2D eigenvalue weighted by atomic mass is 16.5. The average molecular weight is 348 g/mol. The van der Waals surface area contributed by atoms with Gasteiger partial charge in [-0.3, -0.25) is 0 Å². The van der Waals surface area contributed by atoms with Gasteiger partial charge in [-0.25, -0.2) is 4.98 Å². The Morgan fingerprint density at radius 1 is 0.885 bits per heavy atom. The molecular formula is C21H24N4O. The zero-order valence-electron chi connectivity index (χ0n) is 15.1. The Kier molecular flexibility index (Phi) is 4.86. The van der Waals surface area contributed by atoms with Crippen molar-refractivity contribution in [1.82, 2.24) is 9.97 Å². The molecule has 1 saturated heterocycles. The van der Waals surface area contributed by atoms with Crippen molar-refractivity contribution in [1.29, 1.82) is 0 Å². The Labute approximate surface area is 154 Å². The van der Waals surface area contributed by atoms with Crippen LogP contribution in [0.5, 0.6) is 5.75 Å². The molecule has 1 aliphatic heterocycles. The summed E-state index contributed by atoms with van der Waals surface area (Å²) in [5, 5.41) is 4.46. The minimum atomic E-state index is 0.633. The molecule has 0 radical (unpaired) electrons. The number of hydrogen-bond donors (Lipinski definition) is 1. The molecule has 3 aromatic rings. The van der Waals surface area contributed by atoms with Crippen molar-refractivity contribution in [2.75, 3.05) is 30.4 Å². The van der Waals surface area contributed by atoms with Crippen LogP contribution in [0.15, 0.2) is 48.5 Å².